The number of esters is 1. The van der Waals surface area contributed by atoms with Gasteiger partial charge in [-0.2, -0.15) is 0 Å². The van der Waals surface area contributed by atoms with Crippen molar-refractivity contribution in [1.82, 2.24) is 4.98 Å². The number of ether oxygens (including phenoxy) is 1. The molecule has 0 spiro atoms. The van der Waals surface area contributed by atoms with E-state index in [9.17, 15) is 9.59 Å². The van der Waals surface area contributed by atoms with Gasteiger partial charge in [0.2, 0.25) is 0 Å². The van der Waals surface area contributed by atoms with Crippen molar-refractivity contribution in [2.24, 2.45) is 5.92 Å². The first kappa shape index (κ1) is 11.7. The highest BCUT2D eigenvalue weighted by atomic mass is 16.5. The van der Waals surface area contributed by atoms with Crippen LogP contribution in [0.2, 0.25) is 0 Å². The smallest absolute Gasteiger partial charge is 0.317 e. The fourth-order valence-corrected chi connectivity index (χ4v) is 2.73. The maximum atomic E-state index is 12.3. The molecular formula is C15H13NO3. The first-order chi connectivity index (χ1) is 9.24. The lowest BCUT2D eigenvalue weighted by Gasteiger charge is -2.17. The van der Waals surface area contributed by atoms with Crippen LogP contribution in [0.15, 0.2) is 42.6 Å². The summed E-state index contributed by atoms with van der Waals surface area (Å²) < 4.78 is 4.78. The van der Waals surface area contributed by atoms with Crippen LogP contribution in [0.3, 0.4) is 0 Å². The van der Waals surface area contributed by atoms with E-state index in [4.69, 9.17) is 4.74 Å². The highest BCUT2D eigenvalue weighted by Gasteiger charge is 2.46. The van der Waals surface area contributed by atoms with Crippen LogP contribution in [0, 0.1) is 5.92 Å². The van der Waals surface area contributed by atoms with Gasteiger partial charge in [0.15, 0.2) is 5.78 Å². The van der Waals surface area contributed by atoms with Crippen LogP contribution in [0.4, 0.5) is 0 Å². The number of carbonyl (C=O) groups is 2. The molecule has 0 bridgehead atoms. The van der Waals surface area contributed by atoms with E-state index in [1.807, 2.05) is 30.3 Å². The van der Waals surface area contributed by atoms with Crippen LogP contribution in [0.1, 0.15) is 27.5 Å². The summed E-state index contributed by atoms with van der Waals surface area (Å²) in [4.78, 5) is 27.3. The van der Waals surface area contributed by atoms with Gasteiger partial charge in [-0.3, -0.25) is 9.59 Å². The Kier molecular flexibility index (Phi) is 2.71. The first-order valence-corrected chi connectivity index (χ1v) is 6.08. The average molecular weight is 255 g/mol. The predicted octanol–water partition coefficient (Wildman–Crippen LogP) is 2.13. The Morgan fingerprint density at radius 2 is 1.95 bits per heavy atom. The number of benzene rings is 1. The molecule has 1 aromatic carbocycles. The second kappa shape index (κ2) is 4.39. The van der Waals surface area contributed by atoms with Gasteiger partial charge in [-0.05, 0) is 11.6 Å². The van der Waals surface area contributed by atoms with Crippen LogP contribution in [-0.2, 0) is 9.53 Å². The number of hydrogen-bond donors (Lipinski definition) is 1. The quantitative estimate of drug-likeness (QED) is 0.660. The average Bonchev–Trinajstić information content (AvgIpc) is 3.01. The number of aromatic nitrogens is 1. The van der Waals surface area contributed by atoms with Crippen LogP contribution in [0.5, 0.6) is 0 Å². The number of aromatic amines is 1. The molecule has 0 saturated heterocycles. The van der Waals surface area contributed by atoms with Crippen LogP contribution >= 0.6 is 0 Å². The van der Waals surface area contributed by atoms with Crippen molar-refractivity contribution in [3.05, 3.63) is 59.4 Å². The van der Waals surface area contributed by atoms with Gasteiger partial charge in [0.1, 0.15) is 5.92 Å². The summed E-state index contributed by atoms with van der Waals surface area (Å²) in [6.07, 6.45) is 1.73. The van der Waals surface area contributed by atoms with Crippen molar-refractivity contribution in [3.63, 3.8) is 0 Å². The zero-order valence-corrected chi connectivity index (χ0v) is 10.4. The van der Waals surface area contributed by atoms with Crippen molar-refractivity contribution < 1.29 is 14.3 Å². The molecule has 1 aliphatic rings. The first-order valence-electron chi connectivity index (χ1n) is 6.08. The predicted molar refractivity (Wildman–Crippen MR) is 68.9 cm³/mol. The number of H-pyrrole nitrogens is 1. The van der Waals surface area contributed by atoms with Crippen LogP contribution in [-0.4, -0.2) is 23.8 Å². The molecule has 1 N–H and O–H groups in total. The number of carbonyl (C=O) groups excluding carboxylic acids is 2. The van der Waals surface area contributed by atoms with Gasteiger partial charge < -0.3 is 9.72 Å². The molecule has 0 fully saturated rings. The lowest BCUT2D eigenvalue weighted by Crippen LogP contribution is -2.26. The van der Waals surface area contributed by atoms with Gasteiger partial charge in [0.25, 0.3) is 0 Å². The van der Waals surface area contributed by atoms with Crippen LogP contribution in [0.25, 0.3) is 0 Å². The zero-order chi connectivity index (χ0) is 13.4. The monoisotopic (exact) mass is 255 g/mol. The normalized spacial score (nSPS) is 21.2. The molecule has 3 rings (SSSR count). The largest absolute Gasteiger partial charge is 0.468 e. The van der Waals surface area contributed by atoms with Gasteiger partial charge in [-0.25, -0.2) is 0 Å². The van der Waals surface area contributed by atoms with Crippen molar-refractivity contribution in [1.29, 1.82) is 0 Å². The zero-order valence-electron chi connectivity index (χ0n) is 10.4. The summed E-state index contributed by atoms with van der Waals surface area (Å²) in [5.74, 6) is -1.72. The van der Waals surface area contributed by atoms with Gasteiger partial charge in [-0.1, -0.05) is 30.3 Å². The molecular weight excluding hydrogens is 242 g/mol. The third kappa shape index (κ3) is 1.68. The molecule has 96 valence electrons. The third-order valence-electron chi connectivity index (χ3n) is 3.59. The minimum atomic E-state index is -0.783. The molecule has 19 heavy (non-hydrogen) atoms. The Morgan fingerprint density at radius 3 is 2.63 bits per heavy atom. The Balaban J connectivity index is 2.13. The fourth-order valence-electron chi connectivity index (χ4n) is 2.73. The summed E-state index contributed by atoms with van der Waals surface area (Å²) in [7, 11) is 1.31. The topological polar surface area (TPSA) is 59.2 Å². The molecule has 1 aromatic heterocycles. The lowest BCUT2D eigenvalue weighted by molar-refractivity contribution is -0.143. The maximum Gasteiger partial charge on any atom is 0.317 e. The maximum absolute atomic E-state index is 12.3. The summed E-state index contributed by atoms with van der Waals surface area (Å²) >= 11 is 0. The van der Waals surface area contributed by atoms with Gasteiger partial charge in [-0.15, -0.1) is 0 Å². The Labute approximate surface area is 110 Å². The minimum absolute atomic E-state index is 0.169. The van der Waals surface area contributed by atoms with E-state index >= 15 is 0 Å². The number of hydrogen-bond acceptors (Lipinski definition) is 3. The second-order valence-corrected chi connectivity index (χ2v) is 4.56. The molecule has 2 aromatic rings. The number of rotatable bonds is 2. The molecule has 0 saturated carbocycles. The Hall–Kier alpha value is -2.36. The molecule has 2 atom stereocenters. The molecule has 0 aliphatic heterocycles. The second-order valence-electron chi connectivity index (χ2n) is 4.56. The van der Waals surface area contributed by atoms with E-state index in [-0.39, 0.29) is 11.7 Å². The van der Waals surface area contributed by atoms with Gasteiger partial charge >= 0.3 is 5.97 Å². The molecule has 4 nitrogen and oxygen atoms in total. The number of methoxy groups -OCH3 is 1. The molecule has 0 radical (unpaired) electrons. The van der Waals surface area contributed by atoms with Crippen molar-refractivity contribution in [2.75, 3.05) is 7.11 Å². The SMILES string of the molecule is COC(=O)[C@@H]1C(=O)c2cc[nH]c2[C@H]1c1ccccc1. The summed E-state index contributed by atoms with van der Waals surface area (Å²) in [6.45, 7) is 0. The number of Topliss-reactive ketones (excluding diaryl/α,β-unsaturated/α-hetero) is 1. The van der Waals surface area contributed by atoms with Crippen LogP contribution < -0.4 is 0 Å². The van der Waals surface area contributed by atoms with Gasteiger partial charge in [0.05, 0.1) is 7.11 Å². The molecule has 1 aliphatic carbocycles. The fraction of sp³-hybridized carbons (Fsp3) is 0.200. The number of nitrogens with one attached hydrogen (secondary N) is 1. The number of fused-ring (bicyclic) bond motifs is 1. The number of ketones is 1. The van der Waals surface area contributed by atoms with Gasteiger partial charge in [0, 0.05) is 23.4 Å². The molecule has 0 amide bonds. The van der Waals surface area contributed by atoms with E-state index < -0.39 is 11.9 Å². The van der Waals surface area contributed by atoms with E-state index in [0.717, 1.165) is 11.3 Å². The minimum Gasteiger partial charge on any atom is -0.468 e. The van der Waals surface area contributed by atoms with E-state index in [1.165, 1.54) is 7.11 Å². The summed E-state index contributed by atoms with van der Waals surface area (Å²) in [5, 5.41) is 0. The van der Waals surface area contributed by atoms with Crippen molar-refractivity contribution in [3.8, 4) is 0 Å². The molecule has 4 heteroatoms. The van der Waals surface area contributed by atoms with E-state index in [2.05, 4.69) is 4.98 Å². The summed E-state index contributed by atoms with van der Waals surface area (Å²) in [6, 6.07) is 11.3. The molecule has 0 unspecified atom stereocenters. The van der Waals surface area contributed by atoms with E-state index in [1.54, 1.807) is 12.3 Å². The Bertz CT molecular complexity index is 630. The third-order valence-corrected chi connectivity index (χ3v) is 3.59. The van der Waals surface area contributed by atoms with Crippen molar-refractivity contribution >= 4 is 11.8 Å². The van der Waals surface area contributed by atoms with E-state index in [0.29, 0.717) is 5.56 Å². The lowest BCUT2D eigenvalue weighted by atomic mass is 9.87. The summed E-state index contributed by atoms with van der Waals surface area (Å²) in [5.41, 5.74) is 2.32. The van der Waals surface area contributed by atoms with Crippen molar-refractivity contribution in [2.45, 2.75) is 5.92 Å². The highest BCUT2D eigenvalue weighted by Crippen LogP contribution is 2.42. The Morgan fingerprint density at radius 1 is 1.21 bits per heavy atom. The standard InChI is InChI=1S/C15H13NO3/c1-19-15(18)12-11(9-5-3-2-4-6-9)13-10(14(12)17)7-8-16-13/h2-8,11-12,16H,1H3/t11-,12-/m0/s1. The highest BCUT2D eigenvalue weighted by molar-refractivity contribution is 6.13. The molecule has 1 heterocycles.